The predicted molar refractivity (Wildman–Crippen MR) is 162 cm³/mol. The zero-order valence-corrected chi connectivity index (χ0v) is 25.7. The molecule has 8 nitrogen and oxygen atoms in total. The summed E-state index contributed by atoms with van der Waals surface area (Å²) in [6, 6.07) is 11.6. The number of halogens is 3. The highest BCUT2D eigenvalue weighted by Gasteiger charge is 2.76. The molecule has 2 aliphatic heterocycles. The summed E-state index contributed by atoms with van der Waals surface area (Å²) in [5, 5.41) is 10.4. The second kappa shape index (κ2) is 10.2. The SMILES string of the molecule is C=Cc1ccc(N2C(=O)[C@H]3[C@H](CC=C4[C@H]3C[C@@]3(Cl)C(=O)N(CBr)C(=O)[C@@]3(Cl)[C@H]4c3ccc(O)c(OCC)c3)C2=O)cc1. The van der Waals surface area contributed by atoms with Crippen molar-refractivity contribution in [3.8, 4) is 11.5 Å². The number of likely N-dealkylation sites (tertiary alicyclic amines) is 1. The lowest BCUT2D eigenvalue weighted by molar-refractivity contribution is -0.138. The van der Waals surface area contributed by atoms with Crippen LogP contribution in [0.2, 0.25) is 0 Å². The molecule has 2 saturated heterocycles. The summed E-state index contributed by atoms with van der Waals surface area (Å²) >= 11 is 17.7. The molecule has 0 aromatic heterocycles. The maximum atomic E-state index is 14.1. The van der Waals surface area contributed by atoms with E-state index in [2.05, 4.69) is 22.5 Å². The standard InChI is InChI=1S/C31H27BrCl2N2O6/c1-3-16-5-8-18(9-6-16)36-26(38)20-11-10-19-21(24(20)27(36)39)14-30(33)28(40)35(15-32)29(41)31(30,34)25(19)17-7-12-22(37)23(13-17)42-4-2/h3,5-10,12-13,20-21,24-25,37H,1,4,11,14-15H2,2H3/t20-,21+,24-,25-,30+,31-/m0/s1. The lowest BCUT2D eigenvalue weighted by Crippen LogP contribution is -2.60. The Kier molecular flexibility index (Phi) is 7.06. The average Bonchev–Trinajstić information content (AvgIpc) is 3.32. The summed E-state index contributed by atoms with van der Waals surface area (Å²) in [6.45, 7) is 5.79. The summed E-state index contributed by atoms with van der Waals surface area (Å²) in [7, 11) is 0. The monoisotopic (exact) mass is 672 g/mol. The van der Waals surface area contributed by atoms with E-state index in [-0.39, 0.29) is 48.2 Å². The number of benzene rings is 2. The van der Waals surface area contributed by atoms with Gasteiger partial charge in [0.2, 0.25) is 11.8 Å². The second-order valence-corrected chi connectivity index (χ2v) is 12.7. The van der Waals surface area contributed by atoms with Gasteiger partial charge < -0.3 is 9.84 Å². The molecule has 11 heteroatoms. The molecule has 4 amide bonds. The van der Waals surface area contributed by atoms with E-state index in [9.17, 15) is 24.3 Å². The molecule has 6 atom stereocenters. The van der Waals surface area contributed by atoms with E-state index in [0.29, 0.717) is 16.8 Å². The van der Waals surface area contributed by atoms with Crippen LogP contribution in [0.3, 0.4) is 0 Å². The van der Waals surface area contributed by atoms with Crippen LogP contribution >= 0.6 is 39.1 Å². The fourth-order valence-corrected chi connectivity index (χ4v) is 8.55. The molecule has 0 radical (unpaired) electrons. The Morgan fingerprint density at radius 1 is 1.07 bits per heavy atom. The van der Waals surface area contributed by atoms with Crippen LogP contribution in [0.15, 0.2) is 60.7 Å². The van der Waals surface area contributed by atoms with Gasteiger partial charge in [0.05, 0.1) is 29.6 Å². The van der Waals surface area contributed by atoms with Crippen LogP contribution < -0.4 is 9.64 Å². The van der Waals surface area contributed by atoms with Gasteiger partial charge in [0, 0.05) is 5.92 Å². The smallest absolute Gasteiger partial charge is 0.254 e. The molecular weight excluding hydrogens is 647 g/mol. The number of phenols is 1. The van der Waals surface area contributed by atoms with Gasteiger partial charge in [0.15, 0.2) is 21.2 Å². The number of phenolic OH excluding ortho intramolecular Hbond substituents is 1. The van der Waals surface area contributed by atoms with Crippen molar-refractivity contribution in [2.24, 2.45) is 17.8 Å². The fraction of sp³-hybridized carbons (Fsp3) is 0.355. The molecule has 0 unspecified atom stereocenters. The van der Waals surface area contributed by atoms with Gasteiger partial charge >= 0.3 is 0 Å². The van der Waals surface area contributed by atoms with Crippen molar-refractivity contribution >= 4 is 74.5 Å². The number of anilines is 1. The van der Waals surface area contributed by atoms with Crippen molar-refractivity contribution < 1.29 is 29.0 Å². The normalized spacial score (nSPS) is 32.0. The fourth-order valence-electron chi connectivity index (χ4n) is 7.12. The first kappa shape index (κ1) is 29.0. The highest BCUT2D eigenvalue weighted by molar-refractivity contribution is 9.09. The molecule has 2 aliphatic carbocycles. The minimum absolute atomic E-state index is 0.100. The van der Waals surface area contributed by atoms with Crippen LogP contribution in [0.1, 0.15) is 36.8 Å². The van der Waals surface area contributed by atoms with Gasteiger partial charge in [-0.05, 0) is 61.1 Å². The van der Waals surface area contributed by atoms with Crippen molar-refractivity contribution in [2.75, 3.05) is 17.0 Å². The number of allylic oxidation sites excluding steroid dienone is 2. The van der Waals surface area contributed by atoms with Crippen molar-refractivity contribution in [3.05, 3.63) is 71.8 Å². The lowest BCUT2D eigenvalue weighted by Gasteiger charge is -2.50. The number of carbonyl (C=O) groups excluding carboxylic acids is 4. The number of rotatable bonds is 6. The number of nitrogens with zero attached hydrogens (tertiary/aromatic N) is 2. The van der Waals surface area contributed by atoms with E-state index < -0.39 is 45.2 Å². The highest BCUT2D eigenvalue weighted by atomic mass is 79.9. The van der Waals surface area contributed by atoms with Gasteiger partial charge in [-0.15, -0.1) is 23.2 Å². The number of aromatic hydroxyl groups is 1. The van der Waals surface area contributed by atoms with E-state index in [1.54, 1.807) is 49.4 Å². The molecule has 2 aromatic rings. The first-order valence-electron chi connectivity index (χ1n) is 13.6. The maximum absolute atomic E-state index is 14.1. The zero-order valence-electron chi connectivity index (χ0n) is 22.6. The first-order valence-corrected chi connectivity index (χ1v) is 15.5. The molecule has 1 N–H and O–H groups in total. The largest absolute Gasteiger partial charge is 0.504 e. The van der Waals surface area contributed by atoms with E-state index >= 15 is 0 Å². The Labute approximate surface area is 261 Å². The number of fused-ring (bicyclic) bond motifs is 4. The molecule has 3 fully saturated rings. The quantitative estimate of drug-likeness (QED) is 0.192. The molecule has 2 aromatic carbocycles. The predicted octanol–water partition coefficient (Wildman–Crippen LogP) is 5.35. The molecule has 42 heavy (non-hydrogen) atoms. The third-order valence-corrected chi connectivity index (χ3v) is 10.9. The molecule has 4 aliphatic rings. The third kappa shape index (κ3) is 3.79. The second-order valence-electron chi connectivity index (χ2n) is 11.0. The maximum Gasteiger partial charge on any atom is 0.254 e. The molecule has 1 saturated carbocycles. The van der Waals surface area contributed by atoms with E-state index in [1.165, 1.54) is 11.0 Å². The van der Waals surface area contributed by atoms with Crippen LogP contribution in [0, 0.1) is 17.8 Å². The molecule has 218 valence electrons. The van der Waals surface area contributed by atoms with Crippen molar-refractivity contribution in [2.45, 2.75) is 35.4 Å². The lowest BCUT2D eigenvalue weighted by atomic mass is 9.56. The number of imide groups is 2. The Bertz CT molecular complexity index is 1580. The van der Waals surface area contributed by atoms with Crippen LogP contribution in [-0.4, -0.2) is 55.4 Å². The third-order valence-electron chi connectivity index (χ3n) is 9.02. The first-order chi connectivity index (χ1) is 20.0. The van der Waals surface area contributed by atoms with Crippen LogP contribution in [-0.2, 0) is 19.2 Å². The van der Waals surface area contributed by atoms with Gasteiger partial charge in [0.25, 0.3) is 11.8 Å². The average molecular weight is 674 g/mol. The Balaban J connectivity index is 1.50. The van der Waals surface area contributed by atoms with E-state index in [1.807, 2.05) is 6.08 Å². The topological polar surface area (TPSA) is 104 Å². The highest BCUT2D eigenvalue weighted by Crippen LogP contribution is 2.65. The molecule has 0 bridgehead atoms. The number of hydrogen-bond acceptors (Lipinski definition) is 6. The Hall–Kier alpha value is -3.14. The molecule has 6 rings (SSSR count). The molecule has 2 heterocycles. The van der Waals surface area contributed by atoms with Crippen molar-refractivity contribution in [3.63, 3.8) is 0 Å². The summed E-state index contributed by atoms with van der Waals surface area (Å²) < 4.78 is 5.62. The van der Waals surface area contributed by atoms with Gasteiger partial charge in [-0.25, -0.2) is 0 Å². The summed E-state index contributed by atoms with van der Waals surface area (Å²) in [4.78, 5) is 53.8. The Morgan fingerprint density at radius 2 is 1.79 bits per heavy atom. The van der Waals surface area contributed by atoms with Crippen LogP contribution in [0.4, 0.5) is 5.69 Å². The van der Waals surface area contributed by atoms with E-state index in [4.69, 9.17) is 27.9 Å². The van der Waals surface area contributed by atoms with Crippen LogP contribution in [0.25, 0.3) is 6.08 Å². The van der Waals surface area contributed by atoms with Gasteiger partial charge in [0.1, 0.15) is 0 Å². The number of alkyl halides is 3. The van der Waals surface area contributed by atoms with Crippen LogP contribution in [0.5, 0.6) is 11.5 Å². The van der Waals surface area contributed by atoms with E-state index in [0.717, 1.165) is 10.5 Å². The van der Waals surface area contributed by atoms with Crippen molar-refractivity contribution in [1.29, 1.82) is 0 Å². The van der Waals surface area contributed by atoms with Gasteiger partial charge in [-0.2, -0.15) is 0 Å². The summed E-state index contributed by atoms with van der Waals surface area (Å²) in [5.41, 5.74) is 2.35. The summed E-state index contributed by atoms with van der Waals surface area (Å²) in [6.07, 6.45) is 3.69. The molecule has 0 spiro atoms. The number of carbonyl (C=O) groups is 4. The minimum atomic E-state index is -1.93. The minimum Gasteiger partial charge on any atom is -0.504 e. The van der Waals surface area contributed by atoms with Gasteiger partial charge in [-0.1, -0.05) is 58.4 Å². The van der Waals surface area contributed by atoms with Gasteiger partial charge in [-0.3, -0.25) is 29.0 Å². The number of amides is 4. The van der Waals surface area contributed by atoms with Crippen molar-refractivity contribution in [1.82, 2.24) is 4.90 Å². The zero-order chi connectivity index (χ0) is 30.1. The molecular formula is C31H27BrCl2N2O6. The Morgan fingerprint density at radius 3 is 2.43 bits per heavy atom. The number of ether oxygens (including phenoxy) is 1. The summed E-state index contributed by atoms with van der Waals surface area (Å²) in [5.74, 6) is -5.01. The number of hydrogen-bond donors (Lipinski definition) is 1.